The molecule has 0 spiro atoms. The van der Waals surface area contributed by atoms with Gasteiger partial charge in [-0.15, -0.1) is 17.0 Å². The highest BCUT2D eigenvalue weighted by Crippen LogP contribution is 2.20. The Morgan fingerprint density at radius 2 is 1.56 bits per heavy atom. The maximum absolute atomic E-state index is 12.9. The predicted molar refractivity (Wildman–Crippen MR) is 110 cm³/mol. The molecule has 0 bridgehead atoms. The number of fused-ring (bicyclic) bond motifs is 2. The maximum Gasteiger partial charge on any atom is 0.228 e. The highest BCUT2D eigenvalue weighted by Gasteiger charge is 2.18. The van der Waals surface area contributed by atoms with Crippen molar-refractivity contribution >= 4 is 60.4 Å². The number of aromatic nitrogens is 1. The number of para-hydroxylation sites is 1. The van der Waals surface area contributed by atoms with Gasteiger partial charge in [-0.05, 0) is 38.8 Å². The molecular weight excluding hydrogens is 442 g/mol. The highest BCUT2D eigenvalue weighted by atomic mass is 79.9. The summed E-state index contributed by atoms with van der Waals surface area (Å²) in [6.07, 6.45) is 1.96. The molecule has 0 unspecified atom stereocenters. The molecule has 4 heteroatoms. The van der Waals surface area contributed by atoms with E-state index < -0.39 is 0 Å². The first-order valence-corrected chi connectivity index (χ1v) is 8.60. The molecule has 124 valence electrons. The van der Waals surface area contributed by atoms with E-state index in [1.54, 1.807) is 0 Å². The summed E-state index contributed by atoms with van der Waals surface area (Å²) < 4.78 is 2.97. The van der Waals surface area contributed by atoms with E-state index in [0.717, 1.165) is 31.7 Å². The van der Waals surface area contributed by atoms with Gasteiger partial charge in [0.15, 0.2) is 6.20 Å². The lowest BCUT2D eigenvalue weighted by Crippen LogP contribution is -2.38. The molecule has 0 aliphatic rings. The van der Waals surface area contributed by atoms with Gasteiger partial charge in [-0.25, -0.2) is 0 Å². The molecule has 3 aromatic carbocycles. The van der Waals surface area contributed by atoms with Crippen LogP contribution in [0.1, 0.15) is 10.4 Å². The summed E-state index contributed by atoms with van der Waals surface area (Å²) in [6, 6.07) is 24.1. The van der Waals surface area contributed by atoms with Gasteiger partial charge in [0.2, 0.25) is 17.8 Å². The Balaban J connectivity index is 0.00000182. The number of ketones is 1. The molecule has 1 aromatic heterocycles. The molecule has 0 atom stereocenters. The van der Waals surface area contributed by atoms with Crippen LogP contribution in [-0.2, 0) is 6.54 Å². The van der Waals surface area contributed by atoms with E-state index in [-0.39, 0.29) is 22.8 Å². The summed E-state index contributed by atoms with van der Waals surface area (Å²) in [7, 11) is 0. The molecule has 0 aliphatic heterocycles. The molecule has 4 aromatic rings. The number of rotatable bonds is 3. The van der Waals surface area contributed by atoms with Crippen molar-refractivity contribution in [1.29, 1.82) is 0 Å². The summed E-state index contributed by atoms with van der Waals surface area (Å²) >= 11 is 3.54. The van der Waals surface area contributed by atoms with E-state index in [0.29, 0.717) is 6.54 Å². The fourth-order valence-electron chi connectivity index (χ4n) is 3.11. The highest BCUT2D eigenvalue weighted by molar-refractivity contribution is 9.10. The van der Waals surface area contributed by atoms with Crippen LogP contribution in [0.15, 0.2) is 83.5 Å². The molecule has 0 aliphatic carbocycles. The summed E-state index contributed by atoms with van der Waals surface area (Å²) in [5.74, 6) is 0.111. The number of Topliss-reactive ketones (excluding diaryl/α,β-unsaturated/α-hetero) is 1. The van der Waals surface area contributed by atoms with Crippen LogP contribution in [0.4, 0.5) is 0 Å². The van der Waals surface area contributed by atoms with Crippen molar-refractivity contribution in [2.24, 2.45) is 0 Å². The van der Waals surface area contributed by atoms with Gasteiger partial charge in [-0.3, -0.25) is 4.79 Å². The molecule has 2 nitrogen and oxygen atoms in total. The zero-order chi connectivity index (χ0) is 16.5. The monoisotopic (exact) mass is 456 g/mol. The summed E-state index contributed by atoms with van der Waals surface area (Å²) in [4.78, 5) is 12.9. The second-order valence-electron chi connectivity index (χ2n) is 5.79. The average molecular weight is 458 g/mol. The van der Waals surface area contributed by atoms with Crippen molar-refractivity contribution in [3.63, 3.8) is 0 Å². The van der Waals surface area contributed by atoms with Crippen molar-refractivity contribution in [1.82, 2.24) is 0 Å². The Hall–Kier alpha value is -2.04. The first kappa shape index (κ1) is 17.8. The molecule has 25 heavy (non-hydrogen) atoms. The average Bonchev–Trinajstić information content (AvgIpc) is 2.61. The lowest BCUT2D eigenvalue weighted by atomic mass is 10.0. The standard InChI is InChI=1S/C21H15BrNO.BrH/c22-17-12-16-7-2-4-11-20(16)23(13-17)14-21(24)19-10-5-8-15-6-1-3-9-18(15)19;/h1-13H,14H2;1H/q+1;. The van der Waals surface area contributed by atoms with Crippen LogP contribution in [0.25, 0.3) is 21.7 Å². The smallest absolute Gasteiger partial charge is 0.228 e. The number of carbonyl (C=O) groups excluding carboxylic acids is 1. The number of nitrogens with zero attached hydrogens (tertiary/aromatic N) is 1. The normalized spacial score (nSPS) is 10.6. The van der Waals surface area contributed by atoms with E-state index in [4.69, 9.17) is 0 Å². The lowest BCUT2D eigenvalue weighted by Gasteiger charge is -2.05. The third kappa shape index (κ3) is 3.51. The number of carbonyl (C=O) groups is 1. The van der Waals surface area contributed by atoms with Gasteiger partial charge in [-0.2, -0.15) is 4.57 Å². The minimum absolute atomic E-state index is 0. The molecule has 4 rings (SSSR count). The van der Waals surface area contributed by atoms with Crippen molar-refractivity contribution < 1.29 is 9.36 Å². The SMILES string of the molecule is Br.O=C(C[n+]1cc(Br)cc2ccccc21)c1cccc2ccccc12. The number of hydrogen-bond acceptors (Lipinski definition) is 1. The maximum atomic E-state index is 12.9. The minimum atomic E-state index is 0. The van der Waals surface area contributed by atoms with E-state index in [9.17, 15) is 4.79 Å². The number of benzene rings is 3. The predicted octanol–water partition coefficient (Wildman–Crippen LogP) is 5.50. The third-order valence-electron chi connectivity index (χ3n) is 4.22. The van der Waals surface area contributed by atoms with E-state index >= 15 is 0 Å². The third-order valence-corrected chi connectivity index (χ3v) is 4.66. The molecular formula is C21H16Br2NO+. The van der Waals surface area contributed by atoms with Crippen molar-refractivity contribution in [2.75, 3.05) is 0 Å². The Labute approximate surface area is 165 Å². The van der Waals surface area contributed by atoms with Gasteiger partial charge < -0.3 is 0 Å². The first-order valence-electron chi connectivity index (χ1n) is 7.81. The largest absolute Gasteiger partial charge is 0.287 e. The van der Waals surface area contributed by atoms with Gasteiger partial charge in [0.1, 0.15) is 0 Å². The Morgan fingerprint density at radius 3 is 2.40 bits per heavy atom. The van der Waals surface area contributed by atoms with Crippen LogP contribution in [-0.4, -0.2) is 5.78 Å². The lowest BCUT2D eigenvalue weighted by molar-refractivity contribution is -0.657. The molecule has 0 fully saturated rings. The fourth-order valence-corrected chi connectivity index (χ4v) is 3.61. The molecule has 0 amide bonds. The molecule has 0 saturated carbocycles. The first-order chi connectivity index (χ1) is 11.7. The van der Waals surface area contributed by atoms with Gasteiger partial charge in [-0.1, -0.05) is 54.6 Å². The van der Waals surface area contributed by atoms with E-state index in [1.807, 2.05) is 71.4 Å². The Kier molecular flexibility index (Phi) is 5.30. The van der Waals surface area contributed by atoms with Gasteiger partial charge in [0, 0.05) is 17.0 Å². The zero-order valence-corrected chi connectivity index (χ0v) is 16.7. The zero-order valence-electron chi connectivity index (χ0n) is 13.4. The van der Waals surface area contributed by atoms with Crippen LogP contribution >= 0.6 is 32.9 Å². The topological polar surface area (TPSA) is 20.9 Å². The number of pyridine rings is 1. The van der Waals surface area contributed by atoms with Crippen molar-refractivity contribution in [3.8, 4) is 0 Å². The van der Waals surface area contributed by atoms with Crippen molar-refractivity contribution in [3.05, 3.63) is 89.0 Å². The van der Waals surface area contributed by atoms with Crippen LogP contribution in [0.3, 0.4) is 0 Å². The van der Waals surface area contributed by atoms with Crippen molar-refractivity contribution in [2.45, 2.75) is 6.54 Å². The van der Waals surface area contributed by atoms with Crippen LogP contribution in [0, 0.1) is 0 Å². The van der Waals surface area contributed by atoms with Gasteiger partial charge in [0.25, 0.3) is 0 Å². The van der Waals surface area contributed by atoms with Crippen LogP contribution in [0.5, 0.6) is 0 Å². The molecule has 0 radical (unpaired) electrons. The van der Waals surface area contributed by atoms with Gasteiger partial charge >= 0.3 is 0 Å². The summed E-state index contributed by atoms with van der Waals surface area (Å²) in [5, 5.41) is 3.20. The van der Waals surface area contributed by atoms with Crippen LogP contribution < -0.4 is 4.57 Å². The Morgan fingerprint density at radius 1 is 0.880 bits per heavy atom. The molecule has 1 heterocycles. The second-order valence-corrected chi connectivity index (χ2v) is 6.71. The second kappa shape index (κ2) is 7.46. The van der Waals surface area contributed by atoms with Gasteiger partial charge in [0.05, 0.1) is 4.47 Å². The Bertz CT molecular complexity index is 1070. The fraction of sp³-hybridized carbons (Fsp3) is 0.0476. The summed E-state index contributed by atoms with van der Waals surface area (Å²) in [6.45, 7) is 0.313. The van der Waals surface area contributed by atoms with E-state index in [1.165, 1.54) is 0 Å². The quantitative estimate of drug-likeness (QED) is 0.293. The minimum Gasteiger partial charge on any atom is -0.287 e. The van der Waals surface area contributed by atoms with Crippen LogP contribution in [0.2, 0.25) is 0 Å². The molecule has 0 saturated heterocycles. The number of hydrogen-bond donors (Lipinski definition) is 0. The van der Waals surface area contributed by atoms with E-state index in [2.05, 4.69) is 28.1 Å². The summed E-state index contributed by atoms with van der Waals surface area (Å²) in [5.41, 5.74) is 1.82. The molecule has 0 N–H and O–H groups in total. The number of halogens is 2.